The summed E-state index contributed by atoms with van der Waals surface area (Å²) < 4.78 is 0.906. The molecule has 0 aliphatic rings. The van der Waals surface area contributed by atoms with Gasteiger partial charge in [0.15, 0.2) is 0 Å². The summed E-state index contributed by atoms with van der Waals surface area (Å²) >= 11 is 11.3. The molecular weight excluding hydrogens is 358 g/mol. The van der Waals surface area contributed by atoms with Gasteiger partial charge in [-0.15, -0.1) is 11.3 Å². The first-order chi connectivity index (χ1) is 9.70. The van der Waals surface area contributed by atoms with Crippen molar-refractivity contribution < 1.29 is 0 Å². The molecule has 0 aliphatic heterocycles. The molecule has 0 radical (unpaired) electrons. The van der Waals surface area contributed by atoms with Gasteiger partial charge in [0.1, 0.15) is 0 Å². The third kappa shape index (κ3) is 2.47. The summed E-state index contributed by atoms with van der Waals surface area (Å²) in [5, 5.41) is 3.72. The lowest BCUT2D eigenvalue weighted by molar-refractivity contribution is 0.629. The summed E-state index contributed by atoms with van der Waals surface area (Å²) in [6, 6.07) is 11.6. The maximum Gasteiger partial charge on any atom is 0.0999 e. The van der Waals surface area contributed by atoms with Crippen molar-refractivity contribution in [3.8, 4) is 0 Å². The van der Waals surface area contributed by atoms with Crippen LogP contribution in [0, 0.1) is 0 Å². The molecule has 2 heterocycles. The second kappa shape index (κ2) is 5.79. The van der Waals surface area contributed by atoms with Crippen LogP contribution in [0.25, 0.3) is 10.9 Å². The number of hydrogen-bond acceptors (Lipinski definition) is 4. The zero-order valence-corrected chi connectivity index (χ0v) is 13.5. The molecule has 3 aromatic rings. The maximum absolute atomic E-state index is 6.21. The standard InChI is InChI=1S/C14H11BrClN3S/c15-9-7-8-3-1-2-4-11(8)18-12(9)13(19-17)14-10(16)5-6-20-14/h1-7,13,19H,17H2. The van der Waals surface area contributed by atoms with Gasteiger partial charge in [-0.1, -0.05) is 29.8 Å². The van der Waals surface area contributed by atoms with E-state index in [1.807, 2.05) is 41.8 Å². The monoisotopic (exact) mass is 367 g/mol. The molecule has 3 nitrogen and oxygen atoms in total. The van der Waals surface area contributed by atoms with Crippen LogP contribution in [0.5, 0.6) is 0 Å². The number of hydrazine groups is 1. The molecule has 0 bridgehead atoms. The van der Waals surface area contributed by atoms with Gasteiger partial charge in [-0.2, -0.15) is 0 Å². The quantitative estimate of drug-likeness (QED) is 0.536. The smallest absolute Gasteiger partial charge is 0.0999 e. The van der Waals surface area contributed by atoms with E-state index < -0.39 is 0 Å². The third-order valence-corrected chi connectivity index (χ3v) is 5.11. The summed E-state index contributed by atoms with van der Waals surface area (Å²) in [6.07, 6.45) is 0. The number of nitrogens with zero attached hydrogens (tertiary/aromatic N) is 1. The minimum absolute atomic E-state index is 0.235. The van der Waals surface area contributed by atoms with Gasteiger partial charge in [-0.3, -0.25) is 5.84 Å². The fourth-order valence-electron chi connectivity index (χ4n) is 2.10. The maximum atomic E-state index is 6.21. The topological polar surface area (TPSA) is 50.9 Å². The largest absolute Gasteiger partial charge is 0.270 e. The van der Waals surface area contributed by atoms with E-state index in [1.54, 1.807) is 11.3 Å². The Kier molecular flexibility index (Phi) is 4.05. The minimum Gasteiger partial charge on any atom is -0.270 e. The number of aromatic nitrogens is 1. The van der Waals surface area contributed by atoms with Crippen LogP contribution in [0.1, 0.15) is 16.6 Å². The van der Waals surface area contributed by atoms with Crippen molar-refractivity contribution in [3.05, 3.63) is 61.8 Å². The lowest BCUT2D eigenvalue weighted by Crippen LogP contribution is -2.29. The van der Waals surface area contributed by atoms with Crippen LogP contribution in [0.4, 0.5) is 0 Å². The highest BCUT2D eigenvalue weighted by Gasteiger charge is 2.21. The van der Waals surface area contributed by atoms with Gasteiger partial charge in [0.25, 0.3) is 0 Å². The predicted octanol–water partition coefficient (Wildman–Crippen LogP) is 4.26. The molecule has 3 N–H and O–H groups in total. The van der Waals surface area contributed by atoms with Crippen LogP contribution < -0.4 is 11.3 Å². The number of halogens is 2. The Bertz CT molecular complexity index is 759. The number of para-hydroxylation sites is 1. The zero-order valence-electron chi connectivity index (χ0n) is 10.3. The van der Waals surface area contributed by atoms with Crippen LogP contribution >= 0.6 is 38.9 Å². The van der Waals surface area contributed by atoms with Gasteiger partial charge in [0, 0.05) is 14.7 Å². The van der Waals surface area contributed by atoms with Crippen LogP contribution in [0.2, 0.25) is 5.02 Å². The number of nitrogens with two attached hydrogens (primary N) is 1. The zero-order chi connectivity index (χ0) is 14.1. The second-order valence-electron chi connectivity index (χ2n) is 4.28. The van der Waals surface area contributed by atoms with Crippen molar-refractivity contribution in [1.29, 1.82) is 0 Å². The molecule has 0 spiro atoms. The van der Waals surface area contributed by atoms with Crippen molar-refractivity contribution in [1.82, 2.24) is 10.4 Å². The average molecular weight is 369 g/mol. The van der Waals surface area contributed by atoms with Crippen LogP contribution in [-0.2, 0) is 0 Å². The van der Waals surface area contributed by atoms with E-state index in [9.17, 15) is 0 Å². The van der Waals surface area contributed by atoms with Crippen molar-refractivity contribution in [2.75, 3.05) is 0 Å². The molecule has 1 aromatic carbocycles. The van der Waals surface area contributed by atoms with E-state index in [1.165, 1.54) is 0 Å². The lowest BCUT2D eigenvalue weighted by atomic mass is 10.1. The highest BCUT2D eigenvalue weighted by atomic mass is 79.9. The number of thiophene rings is 1. The third-order valence-electron chi connectivity index (χ3n) is 3.05. The lowest BCUT2D eigenvalue weighted by Gasteiger charge is -2.17. The van der Waals surface area contributed by atoms with Crippen molar-refractivity contribution >= 4 is 49.8 Å². The average Bonchev–Trinajstić information content (AvgIpc) is 2.87. The van der Waals surface area contributed by atoms with Crippen LogP contribution in [0.15, 0.2) is 46.3 Å². The Balaban J connectivity index is 2.17. The molecule has 102 valence electrons. The summed E-state index contributed by atoms with van der Waals surface area (Å²) in [5.74, 6) is 5.72. The first kappa shape index (κ1) is 14.0. The van der Waals surface area contributed by atoms with E-state index in [2.05, 4.69) is 21.4 Å². The second-order valence-corrected chi connectivity index (χ2v) is 6.49. The fraction of sp³-hybridized carbons (Fsp3) is 0.0714. The van der Waals surface area contributed by atoms with Gasteiger partial charge in [-0.25, -0.2) is 10.4 Å². The van der Waals surface area contributed by atoms with Crippen LogP contribution in [0.3, 0.4) is 0 Å². The molecule has 0 amide bonds. The summed E-state index contributed by atoms with van der Waals surface area (Å²) in [5.41, 5.74) is 4.56. The van der Waals surface area contributed by atoms with E-state index >= 15 is 0 Å². The Morgan fingerprint density at radius 3 is 2.80 bits per heavy atom. The summed E-state index contributed by atoms with van der Waals surface area (Å²) in [4.78, 5) is 5.66. The molecular formula is C14H11BrClN3S. The van der Waals surface area contributed by atoms with E-state index in [4.69, 9.17) is 22.4 Å². The van der Waals surface area contributed by atoms with E-state index in [0.29, 0.717) is 5.02 Å². The number of benzene rings is 1. The Morgan fingerprint density at radius 2 is 2.10 bits per heavy atom. The highest BCUT2D eigenvalue weighted by molar-refractivity contribution is 9.10. The first-order valence-corrected chi connectivity index (χ1v) is 8.00. The number of fused-ring (bicyclic) bond motifs is 1. The van der Waals surface area contributed by atoms with Gasteiger partial charge in [0.05, 0.1) is 22.3 Å². The SMILES string of the molecule is NNC(c1nc2ccccc2cc1Br)c1sccc1Cl. The summed E-state index contributed by atoms with van der Waals surface area (Å²) in [7, 11) is 0. The Hall–Kier alpha value is -0.980. The summed E-state index contributed by atoms with van der Waals surface area (Å²) in [6.45, 7) is 0. The number of rotatable bonds is 3. The molecule has 3 rings (SSSR count). The molecule has 0 aliphatic carbocycles. The van der Waals surface area contributed by atoms with E-state index in [-0.39, 0.29) is 6.04 Å². The van der Waals surface area contributed by atoms with Gasteiger partial charge < -0.3 is 0 Å². The first-order valence-electron chi connectivity index (χ1n) is 5.95. The molecule has 0 saturated heterocycles. The molecule has 6 heteroatoms. The number of pyridine rings is 1. The van der Waals surface area contributed by atoms with Crippen molar-refractivity contribution in [2.24, 2.45) is 5.84 Å². The predicted molar refractivity (Wildman–Crippen MR) is 87.9 cm³/mol. The van der Waals surface area contributed by atoms with E-state index in [0.717, 1.165) is 25.9 Å². The molecule has 1 unspecified atom stereocenters. The fourth-order valence-corrected chi connectivity index (χ4v) is 3.89. The highest BCUT2D eigenvalue weighted by Crippen LogP contribution is 2.35. The van der Waals surface area contributed by atoms with Crippen molar-refractivity contribution in [2.45, 2.75) is 6.04 Å². The molecule has 1 atom stereocenters. The molecule has 20 heavy (non-hydrogen) atoms. The Morgan fingerprint density at radius 1 is 1.30 bits per heavy atom. The van der Waals surface area contributed by atoms with Gasteiger partial charge in [-0.05, 0) is 39.5 Å². The molecule has 0 fully saturated rings. The molecule has 0 saturated carbocycles. The van der Waals surface area contributed by atoms with Crippen molar-refractivity contribution in [3.63, 3.8) is 0 Å². The van der Waals surface area contributed by atoms with Gasteiger partial charge >= 0.3 is 0 Å². The number of nitrogens with one attached hydrogen (secondary N) is 1. The van der Waals surface area contributed by atoms with Crippen LogP contribution in [-0.4, -0.2) is 4.98 Å². The minimum atomic E-state index is -0.235. The van der Waals surface area contributed by atoms with Gasteiger partial charge in [0.2, 0.25) is 0 Å². The normalized spacial score (nSPS) is 12.8. The molecule has 2 aromatic heterocycles. The number of hydrogen-bond donors (Lipinski definition) is 2. The Labute approximate surface area is 133 Å².